The Morgan fingerprint density at radius 2 is 1.17 bits per heavy atom. The van der Waals surface area contributed by atoms with E-state index in [0.717, 1.165) is 42.7 Å². The molecule has 0 radical (unpaired) electrons. The summed E-state index contributed by atoms with van der Waals surface area (Å²) < 4.78 is 1.15. The fraction of sp³-hybridized carbons (Fsp3) is 0.0833. The lowest BCUT2D eigenvalue weighted by Crippen LogP contribution is -1.75. The number of rotatable bonds is 1. The van der Waals surface area contributed by atoms with E-state index in [0.29, 0.717) is 0 Å². The standard InChI is InChI=1S/C8H9Br.2C8H6ClN/c1-2-7-3-5-8(9)6-4-7;2*9-7-1-2-8-6(5-7)3-4-10-8/h3-6H,2H2,1H3;2*1-5,10H. The molecule has 2 heterocycles. The second-order valence-electron chi connectivity index (χ2n) is 6.40. The van der Waals surface area contributed by atoms with Gasteiger partial charge in [0.1, 0.15) is 0 Å². The first-order chi connectivity index (χ1) is 14.0. The van der Waals surface area contributed by atoms with E-state index in [2.05, 4.69) is 57.1 Å². The second kappa shape index (κ2) is 10.5. The molecule has 5 aromatic rings. The van der Waals surface area contributed by atoms with Gasteiger partial charge < -0.3 is 9.97 Å². The quantitative estimate of drug-likeness (QED) is 0.237. The SMILES string of the molecule is CCc1ccc(Br)cc1.Clc1ccc2[nH]ccc2c1.Clc1ccc2[nH]ccc2c1. The molecule has 0 saturated carbocycles. The zero-order valence-corrected chi connectivity index (χ0v) is 19.0. The van der Waals surface area contributed by atoms with Gasteiger partial charge in [0.25, 0.3) is 0 Å². The van der Waals surface area contributed by atoms with E-state index in [1.165, 1.54) is 5.56 Å². The van der Waals surface area contributed by atoms with Gasteiger partial charge in [-0.05, 0) is 72.6 Å². The summed E-state index contributed by atoms with van der Waals surface area (Å²) in [5.41, 5.74) is 3.65. The smallest absolute Gasteiger partial charge is 0.0454 e. The Labute approximate surface area is 189 Å². The number of hydrogen-bond donors (Lipinski definition) is 2. The van der Waals surface area contributed by atoms with Crippen molar-refractivity contribution in [2.75, 3.05) is 0 Å². The maximum atomic E-state index is 5.76. The highest BCUT2D eigenvalue weighted by Gasteiger charge is 1.93. The first kappa shape index (κ1) is 21.5. The van der Waals surface area contributed by atoms with Crippen molar-refractivity contribution in [1.29, 1.82) is 0 Å². The molecule has 0 aliphatic rings. The van der Waals surface area contributed by atoms with E-state index in [4.69, 9.17) is 23.2 Å². The molecule has 148 valence electrons. The maximum Gasteiger partial charge on any atom is 0.0454 e. The summed E-state index contributed by atoms with van der Waals surface area (Å²) >= 11 is 14.9. The van der Waals surface area contributed by atoms with Crippen LogP contribution in [0.1, 0.15) is 12.5 Å². The van der Waals surface area contributed by atoms with E-state index >= 15 is 0 Å². The van der Waals surface area contributed by atoms with E-state index in [9.17, 15) is 0 Å². The van der Waals surface area contributed by atoms with Gasteiger partial charge >= 0.3 is 0 Å². The van der Waals surface area contributed by atoms with Crippen molar-refractivity contribution in [1.82, 2.24) is 9.97 Å². The number of nitrogens with one attached hydrogen (secondary N) is 2. The molecule has 0 atom stereocenters. The summed E-state index contributed by atoms with van der Waals surface area (Å²) in [5, 5.41) is 3.89. The van der Waals surface area contributed by atoms with Crippen molar-refractivity contribution in [3.63, 3.8) is 0 Å². The Hall–Kier alpha value is -2.20. The van der Waals surface area contributed by atoms with Gasteiger partial charge in [-0.2, -0.15) is 0 Å². The molecular formula is C24H21BrCl2N2. The molecule has 0 amide bonds. The molecule has 5 rings (SSSR count). The number of aryl methyl sites for hydroxylation is 1. The van der Waals surface area contributed by atoms with E-state index in [1.807, 2.05) is 60.9 Å². The highest BCUT2D eigenvalue weighted by atomic mass is 79.9. The lowest BCUT2D eigenvalue weighted by molar-refractivity contribution is 1.14. The third-order valence-corrected chi connectivity index (χ3v) is 5.35. The summed E-state index contributed by atoms with van der Waals surface area (Å²) in [4.78, 5) is 6.18. The number of aromatic amines is 2. The third-order valence-electron chi connectivity index (χ3n) is 4.35. The van der Waals surface area contributed by atoms with E-state index < -0.39 is 0 Å². The Bertz CT molecular complexity index is 1100. The number of fused-ring (bicyclic) bond motifs is 2. The summed E-state index contributed by atoms with van der Waals surface area (Å²) in [6.45, 7) is 2.16. The summed E-state index contributed by atoms with van der Waals surface area (Å²) in [7, 11) is 0. The molecule has 0 aliphatic heterocycles. The largest absolute Gasteiger partial charge is 0.361 e. The minimum Gasteiger partial charge on any atom is -0.361 e. The zero-order valence-electron chi connectivity index (χ0n) is 15.9. The molecule has 2 N–H and O–H groups in total. The van der Waals surface area contributed by atoms with Gasteiger partial charge in [-0.25, -0.2) is 0 Å². The lowest BCUT2D eigenvalue weighted by atomic mass is 10.2. The van der Waals surface area contributed by atoms with Crippen molar-refractivity contribution in [3.8, 4) is 0 Å². The molecule has 29 heavy (non-hydrogen) atoms. The molecule has 3 aromatic carbocycles. The van der Waals surface area contributed by atoms with Crippen LogP contribution in [0.2, 0.25) is 10.0 Å². The van der Waals surface area contributed by atoms with Crippen molar-refractivity contribution < 1.29 is 0 Å². The van der Waals surface area contributed by atoms with Gasteiger partial charge in [-0.15, -0.1) is 0 Å². The first-order valence-electron chi connectivity index (χ1n) is 9.25. The molecule has 2 aromatic heterocycles. The highest BCUT2D eigenvalue weighted by Crippen LogP contribution is 2.18. The van der Waals surface area contributed by atoms with Crippen molar-refractivity contribution in [3.05, 3.63) is 105 Å². The molecule has 0 fully saturated rings. The molecule has 0 bridgehead atoms. The van der Waals surface area contributed by atoms with Crippen molar-refractivity contribution >= 4 is 60.9 Å². The zero-order chi connectivity index (χ0) is 20.6. The summed E-state index contributed by atoms with van der Waals surface area (Å²) in [6.07, 6.45) is 4.93. The number of H-pyrrole nitrogens is 2. The van der Waals surface area contributed by atoms with Crippen LogP contribution in [0, 0.1) is 0 Å². The van der Waals surface area contributed by atoms with Gasteiger partial charge in [0, 0.05) is 48.7 Å². The predicted molar refractivity (Wildman–Crippen MR) is 130 cm³/mol. The van der Waals surface area contributed by atoms with Crippen molar-refractivity contribution in [2.45, 2.75) is 13.3 Å². The molecule has 5 heteroatoms. The van der Waals surface area contributed by atoms with E-state index in [-0.39, 0.29) is 0 Å². The van der Waals surface area contributed by atoms with Gasteiger partial charge in [-0.1, -0.05) is 58.2 Å². The molecular weight excluding hydrogens is 467 g/mol. The average molecular weight is 488 g/mol. The fourth-order valence-corrected chi connectivity index (χ4v) is 3.39. The van der Waals surface area contributed by atoms with Gasteiger partial charge in [0.05, 0.1) is 0 Å². The topological polar surface area (TPSA) is 31.6 Å². The van der Waals surface area contributed by atoms with Crippen LogP contribution in [-0.2, 0) is 6.42 Å². The van der Waals surface area contributed by atoms with Gasteiger partial charge in [0.15, 0.2) is 0 Å². The Morgan fingerprint density at radius 1 is 0.690 bits per heavy atom. The minimum absolute atomic E-state index is 0.784. The summed E-state index contributed by atoms with van der Waals surface area (Å²) in [5.74, 6) is 0. The molecule has 0 spiro atoms. The molecule has 0 saturated heterocycles. The number of hydrogen-bond acceptors (Lipinski definition) is 0. The first-order valence-corrected chi connectivity index (χ1v) is 10.8. The Morgan fingerprint density at radius 3 is 1.62 bits per heavy atom. The van der Waals surface area contributed by atoms with Crippen LogP contribution in [0.25, 0.3) is 21.8 Å². The Balaban J connectivity index is 0.000000125. The predicted octanol–water partition coefficient (Wildman–Crippen LogP) is 8.65. The number of halogens is 3. The highest BCUT2D eigenvalue weighted by molar-refractivity contribution is 9.10. The van der Waals surface area contributed by atoms with Gasteiger partial charge in [-0.3, -0.25) is 0 Å². The molecule has 0 aliphatic carbocycles. The molecule has 2 nitrogen and oxygen atoms in total. The number of aromatic nitrogens is 2. The minimum atomic E-state index is 0.784. The average Bonchev–Trinajstić information content (AvgIpc) is 3.38. The van der Waals surface area contributed by atoms with Crippen LogP contribution in [-0.4, -0.2) is 9.97 Å². The van der Waals surface area contributed by atoms with Crippen LogP contribution in [0.3, 0.4) is 0 Å². The summed E-state index contributed by atoms with van der Waals surface area (Å²) in [6, 6.07) is 24.0. The van der Waals surface area contributed by atoms with Crippen LogP contribution in [0.4, 0.5) is 0 Å². The van der Waals surface area contributed by atoms with Crippen LogP contribution in [0.15, 0.2) is 89.7 Å². The number of benzene rings is 3. The normalized spacial score (nSPS) is 10.2. The monoisotopic (exact) mass is 486 g/mol. The Kier molecular flexibility index (Phi) is 7.82. The molecule has 0 unspecified atom stereocenters. The van der Waals surface area contributed by atoms with Gasteiger partial charge in [0.2, 0.25) is 0 Å². The van der Waals surface area contributed by atoms with Crippen LogP contribution >= 0.6 is 39.1 Å². The van der Waals surface area contributed by atoms with E-state index in [1.54, 1.807) is 0 Å². The fourth-order valence-electron chi connectivity index (χ4n) is 2.77. The van der Waals surface area contributed by atoms with Crippen LogP contribution < -0.4 is 0 Å². The maximum absolute atomic E-state index is 5.76. The second-order valence-corrected chi connectivity index (χ2v) is 8.19. The third kappa shape index (κ3) is 6.40. The van der Waals surface area contributed by atoms with Crippen LogP contribution in [0.5, 0.6) is 0 Å². The van der Waals surface area contributed by atoms with Crippen molar-refractivity contribution in [2.24, 2.45) is 0 Å². The lowest BCUT2D eigenvalue weighted by Gasteiger charge is -1.93.